The van der Waals surface area contributed by atoms with Crippen LogP contribution in [-0.2, 0) is 0 Å². The summed E-state index contributed by atoms with van der Waals surface area (Å²) in [5.41, 5.74) is 0. The van der Waals surface area contributed by atoms with Gasteiger partial charge in [0.05, 0.1) is 6.04 Å². The average Bonchev–Trinajstić information content (AvgIpc) is 2.83. The number of hydrogen-bond acceptors (Lipinski definition) is 5. The van der Waals surface area contributed by atoms with E-state index in [1.54, 1.807) is 0 Å². The third-order valence-electron chi connectivity index (χ3n) is 4.15. The quantitative estimate of drug-likeness (QED) is 0.908. The van der Waals surface area contributed by atoms with Gasteiger partial charge in [-0.05, 0) is 38.6 Å². The minimum Gasteiger partial charge on any atom is -0.406 e. The van der Waals surface area contributed by atoms with Crippen LogP contribution in [0.4, 0.5) is 6.01 Å². The van der Waals surface area contributed by atoms with Crippen molar-refractivity contribution in [1.82, 2.24) is 15.5 Å². The van der Waals surface area contributed by atoms with E-state index in [4.69, 9.17) is 4.42 Å². The minimum absolute atomic E-state index is 0.112. The van der Waals surface area contributed by atoms with Crippen LogP contribution in [0.5, 0.6) is 0 Å². The van der Waals surface area contributed by atoms with Gasteiger partial charge in [-0.3, -0.25) is 0 Å². The van der Waals surface area contributed by atoms with Gasteiger partial charge in [0.1, 0.15) is 0 Å². The Hall–Kier alpha value is -1.10. The predicted molar refractivity (Wildman–Crippen MR) is 76.1 cm³/mol. The Bertz CT molecular complexity index is 406. The Labute approximate surface area is 115 Å². The van der Waals surface area contributed by atoms with E-state index in [2.05, 4.69) is 48.1 Å². The van der Waals surface area contributed by atoms with Gasteiger partial charge in [-0.1, -0.05) is 25.9 Å². The molecule has 1 fully saturated rings. The van der Waals surface area contributed by atoms with E-state index in [1.165, 1.54) is 6.42 Å². The van der Waals surface area contributed by atoms with Gasteiger partial charge < -0.3 is 14.6 Å². The first-order valence-electron chi connectivity index (χ1n) is 7.36. The van der Waals surface area contributed by atoms with Crippen LogP contribution >= 0.6 is 0 Å². The average molecular weight is 266 g/mol. The zero-order valence-electron chi connectivity index (χ0n) is 12.7. The third-order valence-corrected chi connectivity index (χ3v) is 4.15. The lowest BCUT2D eigenvalue weighted by atomic mass is 9.86. The molecule has 19 heavy (non-hydrogen) atoms. The first kappa shape index (κ1) is 14.3. The monoisotopic (exact) mass is 266 g/mol. The highest BCUT2D eigenvalue weighted by atomic mass is 16.4. The number of hydrogen-bond donors (Lipinski definition) is 1. The first-order valence-corrected chi connectivity index (χ1v) is 7.36. The molecule has 1 aliphatic rings. The molecular formula is C14H26N4O. The van der Waals surface area contributed by atoms with Gasteiger partial charge in [0.15, 0.2) is 0 Å². The minimum atomic E-state index is 0.112. The van der Waals surface area contributed by atoms with Crippen molar-refractivity contribution in [3.05, 3.63) is 5.89 Å². The topological polar surface area (TPSA) is 54.2 Å². The summed E-state index contributed by atoms with van der Waals surface area (Å²) in [6.07, 6.45) is 1.27. The van der Waals surface area contributed by atoms with Crippen molar-refractivity contribution in [3.63, 3.8) is 0 Å². The van der Waals surface area contributed by atoms with Gasteiger partial charge in [0.25, 0.3) is 0 Å². The summed E-state index contributed by atoms with van der Waals surface area (Å²) in [5.74, 6) is 2.01. The molecule has 0 saturated carbocycles. The van der Waals surface area contributed by atoms with Crippen molar-refractivity contribution in [3.8, 4) is 0 Å². The summed E-state index contributed by atoms with van der Waals surface area (Å²) in [7, 11) is 0. The molecule has 4 atom stereocenters. The lowest BCUT2D eigenvalue weighted by Gasteiger charge is -2.39. The number of nitrogens with zero attached hydrogens (tertiary/aromatic N) is 3. The van der Waals surface area contributed by atoms with Crippen LogP contribution in [0.25, 0.3) is 0 Å². The highest BCUT2D eigenvalue weighted by Crippen LogP contribution is 2.31. The van der Waals surface area contributed by atoms with E-state index in [1.807, 2.05) is 6.92 Å². The smallest absolute Gasteiger partial charge is 0.318 e. The molecule has 0 spiro atoms. The molecule has 0 amide bonds. The molecule has 2 rings (SSSR count). The molecular weight excluding hydrogens is 240 g/mol. The molecule has 108 valence electrons. The van der Waals surface area contributed by atoms with Crippen molar-refractivity contribution < 1.29 is 4.42 Å². The maximum Gasteiger partial charge on any atom is 0.318 e. The number of aromatic nitrogens is 2. The fraction of sp³-hybridized carbons (Fsp3) is 0.857. The SMILES string of the molecule is CCNC(C)c1nnc(N2CC(C)CC(C)C2C)o1. The number of rotatable bonds is 4. The van der Waals surface area contributed by atoms with E-state index >= 15 is 0 Å². The van der Waals surface area contributed by atoms with Crippen molar-refractivity contribution in [1.29, 1.82) is 0 Å². The second kappa shape index (κ2) is 5.90. The van der Waals surface area contributed by atoms with Gasteiger partial charge in [0.2, 0.25) is 5.89 Å². The Morgan fingerprint density at radius 2 is 2.11 bits per heavy atom. The largest absolute Gasteiger partial charge is 0.406 e. The Balaban J connectivity index is 2.12. The van der Waals surface area contributed by atoms with Crippen LogP contribution in [0.1, 0.15) is 53.0 Å². The molecule has 5 nitrogen and oxygen atoms in total. The zero-order valence-corrected chi connectivity index (χ0v) is 12.7. The molecule has 1 N–H and O–H groups in total. The summed E-state index contributed by atoms with van der Waals surface area (Å²) >= 11 is 0. The van der Waals surface area contributed by atoms with Gasteiger partial charge in [-0.15, -0.1) is 5.10 Å². The van der Waals surface area contributed by atoms with Crippen molar-refractivity contribution >= 4 is 6.01 Å². The van der Waals surface area contributed by atoms with Crippen molar-refractivity contribution in [2.45, 2.75) is 53.1 Å². The molecule has 1 aromatic heterocycles. The molecule has 1 aliphatic heterocycles. The number of anilines is 1. The number of piperidine rings is 1. The summed E-state index contributed by atoms with van der Waals surface area (Å²) in [5, 5.41) is 11.7. The second-order valence-electron chi connectivity index (χ2n) is 5.91. The van der Waals surface area contributed by atoms with E-state index < -0.39 is 0 Å². The molecule has 1 aromatic rings. The highest BCUT2D eigenvalue weighted by molar-refractivity contribution is 5.28. The predicted octanol–water partition coefficient (Wildman–Crippen LogP) is 2.61. The molecule has 2 heterocycles. The summed E-state index contributed by atoms with van der Waals surface area (Å²) in [4.78, 5) is 2.26. The van der Waals surface area contributed by atoms with Crippen LogP contribution in [0, 0.1) is 11.8 Å². The molecule has 0 bridgehead atoms. The Kier molecular flexibility index (Phi) is 4.45. The van der Waals surface area contributed by atoms with Crippen LogP contribution < -0.4 is 10.2 Å². The van der Waals surface area contributed by atoms with Crippen LogP contribution in [0.15, 0.2) is 4.42 Å². The second-order valence-corrected chi connectivity index (χ2v) is 5.91. The van der Waals surface area contributed by atoms with E-state index in [9.17, 15) is 0 Å². The van der Waals surface area contributed by atoms with Crippen LogP contribution in [0.2, 0.25) is 0 Å². The standard InChI is InChI=1S/C14H26N4O/c1-6-15-11(4)13-16-17-14(19-13)18-8-9(2)7-10(3)12(18)5/h9-12,15H,6-8H2,1-5H3. The van der Waals surface area contributed by atoms with Gasteiger partial charge >= 0.3 is 6.01 Å². The fourth-order valence-corrected chi connectivity index (χ4v) is 2.88. The van der Waals surface area contributed by atoms with Crippen LogP contribution in [-0.4, -0.2) is 29.3 Å². The molecule has 5 heteroatoms. The normalized spacial score (nSPS) is 29.5. The lowest BCUT2D eigenvalue weighted by Crippen LogP contribution is -2.46. The lowest BCUT2D eigenvalue weighted by molar-refractivity contribution is 0.280. The first-order chi connectivity index (χ1) is 9.02. The highest BCUT2D eigenvalue weighted by Gasteiger charge is 2.32. The number of nitrogens with one attached hydrogen (secondary N) is 1. The van der Waals surface area contributed by atoms with E-state index in [-0.39, 0.29) is 6.04 Å². The van der Waals surface area contributed by atoms with Crippen molar-refractivity contribution in [2.24, 2.45) is 11.8 Å². The summed E-state index contributed by atoms with van der Waals surface area (Å²) < 4.78 is 5.85. The van der Waals surface area contributed by atoms with Gasteiger partial charge in [-0.2, -0.15) is 0 Å². The van der Waals surface area contributed by atoms with Crippen LogP contribution in [0.3, 0.4) is 0 Å². The molecule has 0 radical (unpaired) electrons. The third kappa shape index (κ3) is 3.08. The Morgan fingerprint density at radius 3 is 2.79 bits per heavy atom. The van der Waals surface area contributed by atoms with Gasteiger partial charge in [-0.25, -0.2) is 0 Å². The van der Waals surface area contributed by atoms with Gasteiger partial charge in [0, 0.05) is 12.6 Å². The van der Waals surface area contributed by atoms with Crippen molar-refractivity contribution in [2.75, 3.05) is 18.0 Å². The van der Waals surface area contributed by atoms with E-state index in [0.29, 0.717) is 29.8 Å². The molecule has 0 aromatic carbocycles. The summed E-state index contributed by atoms with van der Waals surface area (Å²) in [6.45, 7) is 12.8. The Morgan fingerprint density at radius 1 is 1.37 bits per heavy atom. The maximum atomic E-state index is 5.85. The molecule has 1 saturated heterocycles. The fourth-order valence-electron chi connectivity index (χ4n) is 2.88. The van der Waals surface area contributed by atoms with E-state index in [0.717, 1.165) is 13.1 Å². The molecule has 0 aliphatic carbocycles. The summed E-state index contributed by atoms with van der Waals surface area (Å²) in [6, 6.07) is 1.24. The maximum absolute atomic E-state index is 5.85. The molecule has 4 unspecified atom stereocenters. The zero-order chi connectivity index (χ0) is 14.0.